The minimum Gasteiger partial charge on any atom is -0.310 e. The van der Waals surface area contributed by atoms with E-state index >= 15 is 0 Å². The number of pyridine rings is 1. The van der Waals surface area contributed by atoms with Gasteiger partial charge in [-0.2, -0.15) is 0 Å². The molecule has 98 valence electrons. The molecule has 0 fully saturated rings. The van der Waals surface area contributed by atoms with Crippen molar-refractivity contribution in [2.45, 2.75) is 26.2 Å². The molecule has 1 heterocycles. The van der Waals surface area contributed by atoms with E-state index in [-0.39, 0.29) is 11.8 Å². The first kappa shape index (κ1) is 13.3. The zero-order chi connectivity index (χ0) is 13.7. The van der Waals surface area contributed by atoms with Gasteiger partial charge in [0, 0.05) is 6.20 Å². The van der Waals surface area contributed by atoms with Crippen LogP contribution in [-0.4, -0.2) is 10.9 Å². The van der Waals surface area contributed by atoms with Crippen molar-refractivity contribution in [3.05, 3.63) is 59.8 Å². The molecule has 1 aromatic carbocycles. The summed E-state index contributed by atoms with van der Waals surface area (Å²) >= 11 is 0. The fourth-order valence-corrected chi connectivity index (χ4v) is 2.08. The number of hydrogen-bond donors (Lipinski definition) is 1. The maximum Gasteiger partial charge on any atom is 0.233 e. The summed E-state index contributed by atoms with van der Waals surface area (Å²) in [5.74, 6) is 0.467. The van der Waals surface area contributed by atoms with E-state index in [1.165, 1.54) is 0 Å². The molecule has 0 unspecified atom stereocenters. The molecule has 0 aliphatic carbocycles. The quantitative estimate of drug-likeness (QED) is 0.907. The number of benzene rings is 1. The van der Waals surface area contributed by atoms with Gasteiger partial charge in [-0.3, -0.25) is 4.79 Å². The number of aromatic nitrogens is 1. The van der Waals surface area contributed by atoms with Gasteiger partial charge >= 0.3 is 0 Å². The molecule has 1 N–H and O–H groups in total. The molecular weight excluding hydrogens is 236 g/mol. The smallest absolute Gasteiger partial charge is 0.233 e. The first-order chi connectivity index (χ1) is 9.20. The van der Waals surface area contributed by atoms with Crippen LogP contribution in [0.3, 0.4) is 0 Å². The summed E-state index contributed by atoms with van der Waals surface area (Å²) in [5.41, 5.74) is 2.12. The fraction of sp³-hybridized carbons (Fsp3) is 0.250. The Hall–Kier alpha value is -2.16. The van der Waals surface area contributed by atoms with Gasteiger partial charge < -0.3 is 5.32 Å². The molecule has 2 rings (SSSR count). The van der Waals surface area contributed by atoms with Crippen molar-refractivity contribution in [2.75, 3.05) is 5.32 Å². The second-order valence-corrected chi connectivity index (χ2v) is 4.58. The van der Waals surface area contributed by atoms with Crippen LogP contribution in [0, 0.1) is 6.92 Å². The van der Waals surface area contributed by atoms with E-state index in [1.54, 1.807) is 6.20 Å². The van der Waals surface area contributed by atoms with E-state index in [2.05, 4.69) is 10.3 Å². The number of rotatable bonds is 4. The van der Waals surface area contributed by atoms with Crippen LogP contribution in [0.1, 0.15) is 30.4 Å². The number of nitrogens with zero attached hydrogens (tertiary/aromatic N) is 1. The van der Waals surface area contributed by atoms with Gasteiger partial charge in [-0.1, -0.05) is 37.3 Å². The first-order valence-electron chi connectivity index (χ1n) is 6.49. The van der Waals surface area contributed by atoms with Gasteiger partial charge in [-0.05, 0) is 36.6 Å². The molecule has 0 radical (unpaired) electrons. The van der Waals surface area contributed by atoms with Gasteiger partial charge in [-0.25, -0.2) is 4.98 Å². The van der Waals surface area contributed by atoms with Crippen molar-refractivity contribution in [3.63, 3.8) is 0 Å². The van der Waals surface area contributed by atoms with Crippen LogP contribution in [0.4, 0.5) is 5.82 Å². The number of anilines is 1. The molecule has 19 heavy (non-hydrogen) atoms. The topological polar surface area (TPSA) is 42.0 Å². The lowest BCUT2D eigenvalue weighted by molar-refractivity contribution is -0.117. The Kier molecular flexibility index (Phi) is 4.29. The van der Waals surface area contributed by atoms with Crippen LogP contribution in [0.5, 0.6) is 0 Å². The fourth-order valence-electron chi connectivity index (χ4n) is 2.08. The highest BCUT2D eigenvalue weighted by molar-refractivity contribution is 5.95. The monoisotopic (exact) mass is 254 g/mol. The molecule has 0 aliphatic heterocycles. The van der Waals surface area contributed by atoms with Crippen LogP contribution in [0.2, 0.25) is 0 Å². The van der Waals surface area contributed by atoms with E-state index in [0.29, 0.717) is 5.82 Å². The third-order valence-electron chi connectivity index (χ3n) is 3.09. The molecule has 0 spiro atoms. The summed E-state index contributed by atoms with van der Waals surface area (Å²) in [6, 6.07) is 13.6. The average Bonchev–Trinajstić information content (AvgIpc) is 2.41. The Bertz CT molecular complexity index is 552. The first-order valence-corrected chi connectivity index (χ1v) is 6.49. The van der Waals surface area contributed by atoms with Crippen molar-refractivity contribution in [2.24, 2.45) is 0 Å². The van der Waals surface area contributed by atoms with Crippen molar-refractivity contribution in [1.29, 1.82) is 0 Å². The average molecular weight is 254 g/mol. The van der Waals surface area contributed by atoms with Gasteiger partial charge in [0.15, 0.2) is 0 Å². The number of aryl methyl sites for hydroxylation is 1. The Morgan fingerprint density at radius 3 is 2.63 bits per heavy atom. The molecule has 1 atom stereocenters. The lowest BCUT2D eigenvalue weighted by Gasteiger charge is -2.15. The van der Waals surface area contributed by atoms with E-state index in [9.17, 15) is 4.79 Å². The van der Waals surface area contributed by atoms with Crippen molar-refractivity contribution in [1.82, 2.24) is 4.98 Å². The van der Waals surface area contributed by atoms with Gasteiger partial charge in [0.2, 0.25) is 5.91 Å². The van der Waals surface area contributed by atoms with E-state index in [0.717, 1.165) is 17.5 Å². The molecule has 3 heteroatoms. The minimum absolute atomic E-state index is 0.00759. The standard InChI is InChI=1S/C16H18N2O/c1-3-14(13-7-5-4-6-8-13)16(19)18-15-11-12(2)9-10-17-15/h4-11,14H,3H2,1-2H3,(H,17,18,19)/t14-/m1/s1. The summed E-state index contributed by atoms with van der Waals surface area (Å²) in [6.07, 6.45) is 2.47. The van der Waals surface area contributed by atoms with Crippen LogP contribution < -0.4 is 5.32 Å². The highest BCUT2D eigenvalue weighted by atomic mass is 16.1. The zero-order valence-electron chi connectivity index (χ0n) is 11.3. The maximum atomic E-state index is 12.3. The Labute approximate surface area is 113 Å². The van der Waals surface area contributed by atoms with Crippen molar-refractivity contribution in [3.8, 4) is 0 Å². The Balaban J connectivity index is 2.14. The third-order valence-corrected chi connectivity index (χ3v) is 3.09. The summed E-state index contributed by atoms with van der Waals surface area (Å²) in [6.45, 7) is 3.99. The molecule has 1 aromatic heterocycles. The van der Waals surface area contributed by atoms with Gasteiger partial charge in [0.05, 0.1) is 5.92 Å². The Morgan fingerprint density at radius 2 is 2.00 bits per heavy atom. The highest BCUT2D eigenvalue weighted by Gasteiger charge is 2.18. The van der Waals surface area contributed by atoms with E-state index in [4.69, 9.17) is 0 Å². The molecule has 0 saturated carbocycles. The molecular formula is C16H18N2O. The Morgan fingerprint density at radius 1 is 1.26 bits per heavy atom. The van der Waals surface area contributed by atoms with E-state index in [1.807, 2.05) is 56.3 Å². The number of carbonyl (C=O) groups is 1. The summed E-state index contributed by atoms with van der Waals surface area (Å²) in [5, 5.41) is 2.88. The van der Waals surface area contributed by atoms with Gasteiger partial charge in [0.1, 0.15) is 5.82 Å². The largest absolute Gasteiger partial charge is 0.310 e. The number of carbonyl (C=O) groups excluding carboxylic acids is 1. The molecule has 1 amide bonds. The maximum absolute atomic E-state index is 12.3. The minimum atomic E-state index is -0.136. The second kappa shape index (κ2) is 6.14. The lowest BCUT2D eigenvalue weighted by atomic mass is 9.96. The normalized spacial score (nSPS) is 11.9. The molecule has 0 bridgehead atoms. The number of nitrogens with one attached hydrogen (secondary N) is 1. The summed E-state index contributed by atoms with van der Waals surface area (Å²) in [7, 11) is 0. The molecule has 3 nitrogen and oxygen atoms in total. The predicted molar refractivity (Wildman–Crippen MR) is 77.1 cm³/mol. The highest BCUT2D eigenvalue weighted by Crippen LogP contribution is 2.21. The lowest BCUT2D eigenvalue weighted by Crippen LogP contribution is -2.21. The SMILES string of the molecule is CC[C@@H](C(=O)Nc1cc(C)ccn1)c1ccccc1. The zero-order valence-corrected chi connectivity index (χ0v) is 11.3. The number of amides is 1. The van der Waals surface area contributed by atoms with Crippen molar-refractivity contribution < 1.29 is 4.79 Å². The second-order valence-electron chi connectivity index (χ2n) is 4.58. The summed E-state index contributed by atoms with van der Waals surface area (Å²) in [4.78, 5) is 16.5. The van der Waals surface area contributed by atoms with Crippen LogP contribution in [-0.2, 0) is 4.79 Å². The van der Waals surface area contributed by atoms with Crippen molar-refractivity contribution >= 4 is 11.7 Å². The molecule has 2 aromatic rings. The predicted octanol–water partition coefficient (Wildman–Crippen LogP) is 3.52. The number of hydrogen-bond acceptors (Lipinski definition) is 2. The van der Waals surface area contributed by atoms with Gasteiger partial charge in [-0.15, -0.1) is 0 Å². The van der Waals surface area contributed by atoms with Crippen LogP contribution in [0.15, 0.2) is 48.7 Å². The van der Waals surface area contributed by atoms with Crippen LogP contribution in [0.25, 0.3) is 0 Å². The third kappa shape index (κ3) is 3.41. The summed E-state index contributed by atoms with van der Waals surface area (Å²) < 4.78 is 0. The van der Waals surface area contributed by atoms with Gasteiger partial charge in [0.25, 0.3) is 0 Å². The van der Waals surface area contributed by atoms with Crippen LogP contribution >= 0.6 is 0 Å². The molecule has 0 saturated heterocycles. The molecule has 0 aliphatic rings. The van der Waals surface area contributed by atoms with E-state index < -0.39 is 0 Å².